The van der Waals surface area contributed by atoms with Crippen LogP contribution >= 0.6 is 15.9 Å². The Morgan fingerprint density at radius 1 is 1.47 bits per heavy atom. The van der Waals surface area contributed by atoms with Gasteiger partial charge >= 0.3 is 0 Å². The monoisotopic (exact) mass is 279 g/mol. The van der Waals surface area contributed by atoms with Crippen LogP contribution < -0.4 is 5.73 Å². The zero-order valence-corrected chi connectivity index (χ0v) is 9.81. The van der Waals surface area contributed by atoms with E-state index in [-0.39, 0.29) is 10.0 Å². The molecule has 0 aromatic heterocycles. The summed E-state index contributed by atoms with van der Waals surface area (Å²) in [4.78, 5) is 0. The molecule has 0 saturated heterocycles. The maximum atomic E-state index is 13.1. The summed E-state index contributed by atoms with van der Waals surface area (Å²) in [6, 6.07) is 0.829. The summed E-state index contributed by atoms with van der Waals surface area (Å²) in [5.74, 6) is -3.05. The van der Waals surface area contributed by atoms with Gasteiger partial charge in [-0.2, -0.15) is 4.39 Å². The van der Waals surface area contributed by atoms with Gasteiger partial charge < -0.3 is 10.8 Å². The number of hydrogen-bond donors (Lipinski definition) is 2. The lowest BCUT2D eigenvalue weighted by Gasteiger charge is -2.14. The van der Waals surface area contributed by atoms with Crippen LogP contribution in [0.3, 0.4) is 0 Å². The van der Waals surface area contributed by atoms with Gasteiger partial charge in [0.15, 0.2) is 11.6 Å². The number of benzene rings is 1. The van der Waals surface area contributed by atoms with Gasteiger partial charge in [-0.15, -0.1) is 0 Å². The van der Waals surface area contributed by atoms with Gasteiger partial charge in [-0.1, -0.05) is 13.3 Å². The molecule has 3 N–H and O–H groups in total. The molecule has 5 heteroatoms. The van der Waals surface area contributed by atoms with Crippen molar-refractivity contribution in [3.05, 3.63) is 27.7 Å². The van der Waals surface area contributed by atoms with E-state index in [1.165, 1.54) is 6.07 Å². The van der Waals surface area contributed by atoms with Crippen LogP contribution in [0.5, 0.6) is 5.75 Å². The van der Waals surface area contributed by atoms with Crippen LogP contribution in [0, 0.1) is 11.6 Å². The lowest BCUT2D eigenvalue weighted by molar-refractivity contribution is 0.394. The third-order valence-corrected chi connectivity index (χ3v) is 2.74. The van der Waals surface area contributed by atoms with Crippen LogP contribution in [0.4, 0.5) is 8.78 Å². The number of aromatic hydroxyl groups is 1. The Hall–Kier alpha value is -0.680. The van der Waals surface area contributed by atoms with Crippen molar-refractivity contribution < 1.29 is 13.9 Å². The first kappa shape index (κ1) is 12.4. The molecule has 0 radical (unpaired) electrons. The maximum absolute atomic E-state index is 13.1. The Kier molecular flexibility index (Phi) is 4.04. The van der Waals surface area contributed by atoms with E-state index in [0.29, 0.717) is 6.42 Å². The van der Waals surface area contributed by atoms with Crippen molar-refractivity contribution in [3.63, 3.8) is 0 Å². The lowest BCUT2D eigenvalue weighted by Crippen LogP contribution is -2.11. The topological polar surface area (TPSA) is 46.2 Å². The second-order valence-electron chi connectivity index (χ2n) is 3.32. The maximum Gasteiger partial charge on any atom is 0.201 e. The molecule has 0 unspecified atom stereocenters. The van der Waals surface area contributed by atoms with Crippen molar-refractivity contribution in [1.82, 2.24) is 0 Å². The minimum atomic E-state index is -1.26. The second kappa shape index (κ2) is 4.90. The standard InChI is InChI=1S/C10H12BrF2NO/c1-2-3-7(14)5-4-6(11)8(12)9(13)10(5)15/h4,7,15H,2-3,14H2,1H3/t7-/m0/s1. The van der Waals surface area contributed by atoms with Gasteiger partial charge in [0.1, 0.15) is 0 Å². The molecule has 1 aromatic carbocycles. The second-order valence-corrected chi connectivity index (χ2v) is 4.17. The van der Waals surface area contributed by atoms with Gasteiger partial charge in [-0.3, -0.25) is 0 Å². The van der Waals surface area contributed by atoms with Crippen LogP contribution in [0.2, 0.25) is 0 Å². The molecule has 1 atom stereocenters. The summed E-state index contributed by atoms with van der Waals surface area (Å²) in [7, 11) is 0. The average molecular weight is 280 g/mol. The van der Waals surface area contributed by atoms with Gasteiger partial charge in [0.25, 0.3) is 0 Å². The number of phenolic OH excluding ortho intramolecular Hbond substituents is 1. The average Bonchev–Trinajstić information content (AvgIpc) is 2.20. The van der Waals surface area contributed by atoms with E-state index < -0.39 is 23.4 Å². The minimum Gasteiger partial charge on any atom is -0.505 e. The highest BCUT2D eigenvalue weighted by atomic mass is 79.9. The molecule has 0 heterocycles. The summed E-state index contributed by atoms with van der Waals surface area (Å²) >= 11 is 2.87. The molecule has 1 aromatic rings. The minimum absolute atomic E-state index is 0.0284. The summed E-state index contributed by atoms with van der Waals surface area (Å²) in [5, 5.41) is 9.38. The van der Waals surface area contributed by atoms with E-state index in [1.54, 1.807) is 0 Å². The van der Waals surface area contributed by atoms with Crippen molar-refractivity contribution in [2.75, 3.05) is 0 Å². The number of rotatable bonds is 3. The summed E-state index contributed by atoms with van der Waals surface area (Å²) < 4.78 is 26.1. The number of phenols is 1. The fourth-order valence-electron chi connectivity index (χ4n) is 1.35. The van der Waals surface area contributed by atoms with Crippen molar-refractivity contribution in [2.45, 2.75) is 25.8 Å². The van der Waals surface area contributed by atoms with E-state index in [2.05, 4.69) is 15.9 Å². The molecular weight excluding hydrogens is 268 g/mol. The van der Waals surface area contributed by atoms with E-state index >= 15 is 0 Å². The van der Waals surface area contributed by atoms with Gasteiger partial charge in [-0.05, 0) is 28.4 Å². The van der Waals surface area contributed by atoms with E-state index in [9.17, 15) is 13.9 Å². The molecule has 0 fully saturated rings. The molecule has 0 saturated carbocycles. The first-order valence-corrected chi connectivity index (χ1v) is 5.40. The fourth-order valence-corrected chi connectivity index (χ4v) is 1.77. The molecule has 0 aliphatic rings. The van der Waals surface area contributed by atoms with E-state index in [0.717, 1.165) is 6.42 Å². The zero-order valence-electron chi connectivity index (χ0n) is 8.23. The Balaban J connectivity index is 3.19. The summed E-state index contributed by atoms with van der Waals surface area (Å²) in [6.45, 7) is 1.92. The fraction of sp³-hybridized carbons (Fsp3) is 0.400. The molecule has 0 spiro atoms. The summed E-state index contributed by atoms with van der Waals surface area (Å²) in [6.07, 6.45) is 1.41. The first-order valence-electron chi connectivity index (χ1n) is 4.61. The predicted octanol–water partition coefficient (Wildman–Crippen LogP) is 3.23. The molecule has 0 aliphatic carbocycles. The Labute approximate surface area is 95.2 Å². The number of nitrogens with two attached hydrogens (primary N) is 1. The van der Waals surface area contributed by atoms with Crippen molar-refractivity contribution in [1.29, 1.82) is 0 Å². The van der Waals surface area contributed by atoms with Crippen LogP contribution in [-0.4, -0.2) is 5.11 Å². The SMILES string of the molecule is CCC[C@H](N)c1cc(Br)c(F)c(F)c1O. The zero-order chi connectivity index (χ0) is 11.6. The normalized spacial score (nSPS) is 12.9. The smallest absolute Gasteiger partial charge is 0.201 e. The van der Waals surface area contributed by atoms with Gasteiger partial charge in [0.05, 0.1) is 4.47 Å². The molecule has 0 bridgehead atoms. The summed E-state index contributed by atoms with van der Waals surface area (Å²) in [5.41, 5.74) is 5.95. The number of hydrogen-bond acceptors (Lipinski definition) is 2. The predicted molar refractivity (Wildman–Crippen MR) is 57.6 cm³/mol. The van der Waals surface area contributed by atoms with Gasteiger partial charge in [0, 0.05) is 11.6 Å². The third-order valence-electron chi connectivity index (χ3n) is 2.17. The lowest BCUT2D eigenvalue weighted by atomic mass is 10.0. The molecule has 0 aliphatic heterocycles. The molecule has 15 heavy (non-hydrogen) atoms. The Morgan fingerprint density at radius 3 is 2.60 bits per heavy atom. The van der Waals surface area contributed by atoms with Crippen molar-refractivity contribution in [2.24, 2.45) is 5.73 Å². The van der Waals surface area contributed by atoms with Crippen LogP contribution in [0.15, 0.2) is 10.5 Å². The quantitative estimate of drug-likeness (QED) is 0.835. The van der Waals surface area contributed by atoms with Gasteiger partial charge in [-0.25, -0.2) is 4.39 Å². The molecular formula is C10H12BrF2NO. The van der Waals surface area contributed by atoms with Crippen LogP contribution in [0.25, 0.3) is 0 Å². The van der Waals surface area contributed by atoms with Crippen LogP contribution in [0.1, 0.15) is 31.4 Å². The Morgan fingerprint density at radius 2 is 2.07 bits per heavy atom. The largest absolute Gasteiger partial charge is 0.505 e. The molecule has 1 rings (SSSR count). The molecule has 2 nitrogen and oxygen atoms in total. The van der Waals surface area contributed by atoms with Crippen molar-refractivity contribution >= 4 is 15.9 Å². The third kappa shape index (κ3) is 2.46. The molecule has 0 amide bonds. The van der Waals surface area contributed by atoms with Crippen molar-refractivity contribution in [3.8, 4) is 5.75 Å². The first-order chi connectivity index (χ1) is 6.99. The van der Waals surface area contributed by atoms with E-state index in [4.69, 9.17) is 5.73 Å². The van der Waals surface area contributed by atoms with Crippen LogP contribution in [-0.2, 0) is 0 Å². The highest BCUT2D eigenvalue weighted by Gasteiger charge is 2.19. The highest BCUT2D eigenvalue weighted by molar-refractivity contribution is 9.10. The number of halogens is 3. The highest BCUT2D eigenvalue weighted by Crippen LogP contribution is 2.33. The van der Waals surface area contributed by atoms with E-state index in [1.807, 2.05) is 6.92 Å². The molecule has 84 valence electrons. The van der Waals surface area contributed by atoms with Gasteiger partial charge in [0.2, 0.25) is 5.82 Å². The Bertz CT molecular complexity index is 371.